The molecule has 1 aromatic heterocycles. The lowest BCUT2D eigenvalue weighted by atomic mass is 9.67. The van der Waals surface area contributed by atoms with Gasteiger partial charge in [-0.2, -0.15) is 0 Å². The SMILES string of the molecule is c1nnc(C2CNCC23CCCCC3)n1CC1CC1. The summed E-state index contributed by atoms with van der Waals surface area (Å²) in [6.45, 7) is 3.44. The lowest BCUT2D eigenvalue weighted by Gasteiger charge is -2.37. The molecule has 1 aromatic rings. The van der Waals surface area contributed by atoms with Crippen LogP contribution >= 0.6 is 0 Å². The Bertz CT molecular complexity index is 443. The minimum Gasteiger partial charge on any atom is -0.317 e. The maximum absolute atomic E-state index is 4.50. The molecule has 4 heteroatoms. The van der Waals surface area contributed by atoms with E-state index in [9.17, 15) is 0 Å². The molecule has 0 radical (unpaired) electrons. The van der Waals surface area contributed by atoms with Crippen molar-refractivity contribution in [3.05, 3.63) is 12.2 Å². The molecule has 1 aliphatic heterocycles. The molecule has 4 nitrogen and oxygen atoms in total. The second-order valence-corrected chi connectivity index (χ2v) is 6.89. The van der Waals surface area contributed by atoms with Crippen molar-refractivity contribution in [3.63, 3.8) is 0 Å². The third kappa shape index (κ3) is 2.10. The molecule has 2 aliphatic carbocycles. The van der Waals surface area contributed by atoms with Gasteiger partial charge >= 0.3 is 0 Å². The topological polar surface area (TPSA) is 42.7 Å². The van der Waals surface area contributed by atoms with Crippen molar-refractivity contribution in [2.75, 3.05) is 13.1 Å². The van der Waals surface area contributed by atoms with Gasteiger partial charge in [0.1, 0.15) is 12.2 Å². The number of nitrogens with one attached hydrogen (secondary N) is 1. The highest BCUT2D eigenvalue weighted by atomic mass is 15.3. The van der Waals surface area contributed by atoms with Crippen LogP contribution in [-0.2, 0) is 6.54 Å². The second kappa shape index (κ2) is 4.58. The summed E-state index contributed by atoms with van der Waals surface area (Å²) in [5, 5.41) is 12.3. The van der Waals surface area contributed by atoms with Crippen LogP contribution in [0, 0.1) is 11.3 Å². The van der Waals surface area contributed by atoms with E-state index in [1.165, 1.54) is 57.3 Å². The number of hydrogen-bond donors (Lipinski definition) is 1. The lowest BCUT2D eigenvalue weighted by Crippen LogP contribution is -2.32. The third-order valence-corrected chi connectivity index (χ3v) is 5.52. The largest absolute Gasteiger partial charge is 0.317 e. The Morgan fingerprint density at radius 3 is 2.89 bits per heavy atom. The fraction of sp³-hybridized carbons (Fsp3) is 0.867. The zero-order chi connectivity index (χ0) is 12.7. The smallest absolute Gasteiger partial charge is 0.137 e. The maximum Gasteiger partial charge on any atom is 0.137 e. The number of nitrogens with zero attached hydrogens (tertiary/aromatic N) is 3. The molecular formula is C15H24N4. The Hall–Kier alpha value is -0.900. The Balaban J connectivity index is 1.61. The van der Waals surface area contributed by atoms with E-state index < -0.39 is 0 Å². The maximum atomic E-state index is 4.50. The molecule has 1 saturated heterocycles. The lowest BCUT2D eigenvalue weighted by molar-refractivity contribution is 0.182. The van der Waals surface area contributed by atoms with Crippen LogP contribution in [0.25, 0.3) is 0 Å². The van der Waals surface area contributed by atoms with Crippen LogP contribution in [0.5, 0.6) is 0 Å². The monoisotopic (exact) mass is 260 g/mol. The first-order valence-electron chi connectivity index (χ1n) is 7.96. The highest BCUT2D eigenvalue weighted by molar-refractivity contribution is 5.12. The van der Waals surface area contributed by atoms with E-state index in [0.717, 1.165) is 19.0 Å². The second-order valence-electron chi connectivity index (χ2n) is 6.89. The van der Waals surface area contributed by atoms with Crippen molar-refractivity contribution in [2.45, 2.75) is 57.4 Å². The predicted molar refractivity (Wildman–Crippen MR) is 73.9 cm³/mol. The molecule has 1 unspecified atom stereocenters. The van der Waals surface area contributed by atoms with Crippen LogP contribution in [0.3, 0.4) is 0 Å². The van der Waals surface area contributed by atoms with Crippen molar-refractivity contribution in [3.8, 4) is 0 Å². The van der Waals surface area contributed by atoms with Crippen molar-refractivity contribution in [1.82, 2.24) is 20.1 Å². The summed E-state index contributed by atoms with van der Waals surface area (Å²) in [5.74, 6) is 2.75. The van der Waals surface area contributed by atoms with E-state index >= 15 is 0 Å². The van der Waals surface area contributed by atoms with Gasteiger partial charge in [-0.1, -0.05) is 19.3 Å². The molecule has 0 aromatic carbocycles. The zero-order valence-electron chi connectivity index (χ0n) is 11.6. The van der Waals surface area contributed by atoms with Crippen LogP contribution in [0.15, 0.2) is 6.33 Å². The van der Waals surface area contributed by atoms with Gasteiger partial charge in [-0.05, 0) is 37.0 Å². The minimum absolute atomic E-state index is 0.479. The summed E-state index contributed by atoms with van der Waals surface area (Å²) in [6.07, 6.45) is 11.7. The van der Waals surface area contributed by atoms with E-state index in [1.54, 1.807) is 0 Å². The molecule has 0 amide bonds. The zero-order valence-corrected chi connectivity index (χ0v) is 11.6. The Labute approximate surface area is 115 Å². The van der Waals surface area contributed by atoms with Crippen LogP contribution in [0.4, 0.5) is 0 Å². The number of hydrogen-bond acceptors (Lipinski definition) is 3. The van der Waals surface area contributed by atoms with Gasteiger partial charge < -0.3 is 9.88 Å². The van der Waals surface area contributed by atoms with Gasteiger partial charge in [0.15, 0.2) is 0 Å². The highest BCUT2D eigenvalue weighted by Crippen LogP contribution is 2.49. The first-order valence-corrected chi connectivity index (χ1v) is 7.96. The first kappa shape index (κ1) is 11.9. The molecule has 3 aliphatic rings. The summed E-state index contributed by atoms with van der Waals surface area (Å²) in [7, 11) is 0. The molecule has 1 N–H and O–H groups in total. The molecule has 1 spiro atoms. The van der Waals surface area contributed by atoms with Crippen molar-refractivity contribution < 1.29 is 0 Å². The minimum atomic E-state index is 0.479. The molecule has 2 saturated carbocycles. The van der Waals surface area contributed by atoms with Crippen LogP contribution < -0.4 is 5.32 Å². The van der Waals surface area contributed by atoms with Gasteiger partial charge in [-0.25, -0.2) is 0 Å². The van der Waals surface area contributed by atoms with E-state index in [0.29, 0.717) is 11.3 Å². The van der Waals surface area contributed by atoms with E-state index in [2.05, 4.69) is 20.1 Å². The van der Waals surface area contributed by atoms with Crippen LogP contribution in [-0.4, -0.2) is 27.9 Å². The van der Waals surface area contributed by atoms with Crippen LogP contribution in [0.1, 0.15) is 56.7 Å². The molecule has 19 heavy (non-hydrogen) atoms. The average Bonchev–Trinajstić information content (AvgIpc) is 2.99. The summed E-state index contributed by atoms with van der Waals surface area (Å²) in [4.78, 5) is 0. The van der Waals surface area contributed by atoms with Gasteiger partial charge in [0.25, 0.3) is 0 Å². The standard InChI is InChI=1S/C15H24N4/c1-2-6-15(7-3-1)10-16-8-13(15)14-18-17-11-19(14)9-12-4-5-12/h11-13,16H,1-10H2. The molecule has 4 rings (SSSR count). The van der Waals surface area contributed by atoms with Crippen molar-refractivity contribution >= 4 is 0 Å². The fourth-order valence-corrected chi connectivity index (χ4v) is 4.20. The van der Waals surface area contributed by atoms with Crippen LogP contribution in [0.2, 0.25) is 0 Å². The fourth-order valence-electron chi connectivity index (χ4n) is 4.20. The van der Waals surface area contributed by atoms with Gasteiger partial charge in [-0.3, -0.25) is 0 Å². The van der Waals surface area contributed by atoms with Gasteiger partial charge in [0, 0.05) is 25.6 Å². The van der Waals surface area contributed by atoms with E-state index in [-0.39, 0.29) is 0 Å². The predicted octanol–water partition coefficient (Wildman–Crippen LogP) is 2.33. The summed E-state index contributed by atoms with van der Waals surface area (Å²) in [6, 6.07) is 0. The van der Waals surface area contributed by atoms with Crippen molar-refractivity contribution in [1.29, 1.82) is 0 Å². The molecule has 104 valence electrons. The quantitative estimate of drug-likeness (QED) is 0.907. The third-order valence-electron chi connectivity index (χ3n) is 5.52. The molecule has 2 heterocycles. The Morgan fingerprint density at radius 1 is 1.26 bits per heavy atom. The average molecular weight is 260 g/mol. The Kier molecular flexibility index (Phi) is 2.87. The highest BCUT2D eigenvalue weighted by Gasteiger charge is 2.46. The number of aromatic nitrogens is 3. The Morgan fingerprint density at radius 2 is 2.11 bits per heavy atom. The number of rotatable bonds is 3. The van der Waals surface area contributed by atoms with Crippen molar-refractivity contribution in [2.24, 2.45) is 11.3 Å². The van der Waals surface area contributed by atoms with Gasteiger partial charge in [0.05, 0.1) is 0 Å². The van der Waals surface area contributed by atoms with E-state index in [1.807, 2.05) is 6.33 Å². The summed E-state index contributed by atoms with van der Waals surface area (Å²) >= 11 is 0. The van der Waals surface area contributed by atoms with Gasteiger partial charge in [-0.15, -0.1) is 10.2 Å². The van der Waals surface area contributed by atoms with E-state index in [4.69, 9.17) is 0 Å². The normalized spacial score (nSPS) is 30.0. The summed E-state index contributed by atoms with van der Waals surface area (Å²) in [5.41, 5.74) is 0.479. The molecule has 0 bridgehead atoms. The molecule has 3 fully saturated rings. The molecule has 1 atom stereocenters. The first-order chi connectivity index (χ1) is 9.37. The molecular weight excluding hydrogens is 236 g/mol. The van der Waals surface area contributed by atoms with Gasteiger partial charge in [0.2, 0.25) is 0 Å². The summed E-state index contributed by atoms with van der Waals surface area (Å²) < 4.78 is 2.35.